The van der Waals surface area contributed by atoms with E-state index in [-0.39, 0.29) is 23.6 Å². The Hall–Kier alpha value is -4.33. The number of aryl methyl sites for hydroxylation is 1. The average Bonchev–Trinajstić information content (AvgIpc) is 4.00. The van der Waals surface area contributed by atoms with Gasteiger partial charge < -0.3 is 28.4 Å². The van der Waals surface area contributed by atoms with E-state index in [1.807, 2.05) is 73.7 Å². The first-order valence-electron chi connectivity index (χ1n) is 15.5. The molecule has 4 aromatic carbocycles. The van der Waals surface area contributed by atoms with Crippen molar-refractivity contribution < 1.29 is 33.2 Å². The van der Waals surface area contributed by atoms with Gasteiger partial charge in [-0.15, -0.1) is 0 Å². The van der Waals surface area contributed by atoms with Crippen LogP contribution in [0, 0.1) is 6.92 Å². The zero-order valence-corrected chi connectivity index (χ0v) is 26.1. The normalized spacial score (nSPS) is 18.1. The van der Waals surface area contributed by atoms with Gasteiger partial charge in [0.15, 0.2) is 0 Å². The van der Waals surface area contributed by atoms with Crippen molar-refractivity contribution in [3.8, 4) is 23.0 Å². The molecule has 0 bridgehead atoms. The Kier molecular flexibility index (Phi) is 9.38. The second-order valence-corrected chi connectivity index (χ2v) is 12.1. The molecule has 3 heterocycles. The maximum atomic E-state index is 11.4. The molecule has 0 aromatic heterocycles. The number of fused-ring (bicyclic) bond motifs is 1. The van der Waals surface area contributed by atoms with Crippen LogP contribution in [0.25, 0.3) is 0 Å². The Morgan fingerprint density at radius 1 is 0.711 bits per heavy atom. The summed E-state index contributed by atoms with van der Waals surface area (Å²) in [6, 6.07) is 30.6. The summed E-state index contributed by atoms with van der Waals surface area (Å²) in [5.41, 5.74) is 5.50. The van der Waals surface area contributed by atoms with Gasteiger partial charge in [0.25, 0.3) is 0 Å². The van der Waals surface area contributed by atoms with Gasteiger partial charge >= 0.3 is 5.97 Å². The molecule has 2 atom stereocenters. The van der Waals surface area contributed by atoms with Crippen LogP contribution >= 0.6 is 0 Å². The van der Waals surface area contributed by atoms with Gasteiger partial charge in [-0.1, -0.05) is 74.5 Å². The van der Waals surface area contributed by atoms with Crippen LogP contribution in [0.5, 0.6) is 23.0 Å². The maximum absolute atomic E-state index is 11.4. The third-order valence-electron chi connectivity index (χ3n) is 8.32. The number of carbonyl (C=O) groups excluding carboxylic acids is 1. The lowest BCUT2D eigenvalue weighted by Crippen LogP contribution is -2.18. The molecule has 0 spiro atoms. The fourth-order valence-electron chi connectivity index (χ4n) is 5.17. The van der Waals surface area contributed by atoms with E-state index in [9.17, 15) is 4.79 Å². The topological polar surface area (TPSA) is 79.1 Å². The molecule has 7 heteroatoms. The Bertz CT molecular complexity index is 1510. The smallest absolute Gasteiger partial charge is 0.311 e. The zero-order valence-electron chi connectivity index (χ0n) is 26.1. The molecule has 7 rings (SSSR count). The fourth-order valence-corrected chi connectivity index (χ4v) is 5.17. The number of carbonyl (C=O) groups is 1. The molecular weight excluding hydrogens is 568 g/mol. The van der Waals surface area contributed by atoms with E-state index < -0.39 is 0 Å². The van der Waals surface area contributed by atoms with Crippen LogP contribution in [0.2, 0.25) is 0 Å². The maximum Gasteiger partial charge on any atom is 0.311 e. The first-order chi connectivity index (χ1) is 21.8. The Morgan fingerprint density at radius 2 is 1.27 bits per heavy atom. The van der Waals surface area contributed by atoms with Crippen molar-refractivity contribution in [3.63, 3.8) is 0 Å². The SMILES string of the molecule is CC(C)(c1ccc(OCC2CO2)cc1)c1ccc(OCC2CO2)cc1.Cc1c(OCc2ccccc2)ccc2c1OC(=O)CC2. The van der Waals surface area contributed by atoms with E-state index >= 15 is 0 Å². The monoisotopic (exact) mass is 608 g/mol. The molecule has 3 aliphatic heterocycles. The Balaban J connectivity index is 0.000000163. The lowest BCUT2D eigenvalue weighted by molar-refractivity contribution is -0.135. The number of hydrogen-bond donors (Lipinski definition) is 0. The van der Waals surface area contributed by atoms with Crippen LogP contribution in [0.15, 0.2) is 91.0 Å². The molecular formula is C38H40O7. The zero-order chi connectivity index (χ0) is 31.2. The molecule has 0 N–H and O–H groups in total. The standard InChI is InChI=1S/C21H24O4.C17H16O3/c1-21(2,15-3-7-17(8-4-15)22-11-19-13-24-19)16-5-9-18(10-6-16)23-12-20-14-25-20;1-12-15(19-11-13-5-3-2-4-6-13)9-7-14-8-10-16(18)20-17(12)14/h3-10,19-20H,11-14H2,1-2H3;2-7,9H,8,10-11H2,1H3. The minimum atomic E-state index is -0.166. The van der Waals surface area contributed by atoms with Crippen LogP contribution in [-0.2, 0) is 32.7 Å². The highest BCUT2D eigenvalue weighted by Crippen LogP contribution is 2.36. The second kappa shape index (κ2) is 13.8. The van der Waals surface area contributed by atoms with E-state index in [1.165, 1.54) is 11.1 Å². The highest BCUT2D eigenvalue weighted by atomic mass is 16.6. The first kappa shape index (κ1) is 30.7. The van der Waals surface area contributed by atoms with E-state index in [4.69, 9.17) is 28.4 Å². The number of epoxide rings is 2. The van der Waals surface area contributed by atoms with Gasteiger partial charge in [-0.05, 0) is 65.9 Å². The van der Waals surface area contributed by atoms with Crippen LogP contribution < -0.4 is 18.9 Å². The molecule has 7 nitrogen and oxygen atoms in total. The summed E-state index contributed by atoms with van der Waals surface area (Å²) in [5.74, 6) is 3.05. The summed E-state index contributed by atoms with van der Waals surface area (Å²) in [4.78, 5) is 11.4. The summed E-state index contributed by atoms with van der Waals surface area (Å²) in [6.07, 6.45) is 1.76. The van der Waals surface area contributed by atoms with Gasteiger partial charge in [0.05, 0.1) is 19.6 Å². The van der Waals surface area contributed by atoms with E-state index in [0.29, 0.717) is 32.0 Å². The average molecular weight is 609 g/mol. The minimum Gasteiger partial charge on any atom is -0.491 e. The Labute approximate surface area is 265 Å². The molecule has 0 amide bonds. The predicted octanol–water partition coefficient (Wildman–Crippen LogP) is 6.99. The molecule has 45 heavy (non-hydrogen) atoms. The number of hydrogen-bond acceptors (Lipinski definition) is 7. The highest BCUT2D eigenvalue weighted by molar-refractivity contribution is 5.76. The quantitative estimate of drug-likeness (QED) is 0.103. The number of rotatable bonds is 11. The fraction of sp³-hybridized carbons (Fsp3) is 0.342. The second-order valence-electron chi connectivity index (χ2n) is 12.1. The van der Waals surface area contributed by atoms with Gasteiger partial charge in [-0.3, -0.25) is 4.79 Å². The largest absolute Gasteiger partial charge is 0.491 e. The van der Waals surface area contributed by atoms with Crippen LogP contribution in [0.3, 0.4) is 0 Å². The molecule has 4 aromatic rings. The van der Waals surface area contributed by atoms with E-state index in [2.05, 4.69) is 38.1 Å². The van der Waals surface area contributed by atoms with Gasteiger partial charge in [-0.25, -0.2) is 0 Å². The summed E-state index contributed by atoms with van der Waals surface area (Å²) in [5, 5.41) is 0. The number of ether oxygens (including phenoxy) is 6. The lowest BCUT2D eigenvalue weighted by atomic mass is 9.78. The van der Waals surface area contributed by atoms with Crippen LogP contribution in [0.4, 0.5) is 0 Å². The van der Waals surface area contributed by atoms with Crippen molar-refractivity contribution in [1.29, 1.82) is 0 Å². The number of esters is 1. The molecule has 3 aliphatic rings. The summed E-state index contributed by atoms with van der Waals surface area (Å²) < 4.78 is 32.9. The summed E-state index contributed by atoms with van der Waals surface area (Å²) in [6.45, 7) is 9.80. The number of benzene rings is 4. The predicted molar refractivity (Wildman–Crippen MR) is 171 cm³/mol. The lowest BCUT2D eigenvalue weighted by Gasteiger charge is -2.26. The molecule has 2 saturated heterocycles. The molecule has 0 aliphatic carbocycles. The molecule has 2 unspecified atom stereocenters. The molecule has 234 valence electrons. The van der Waals surface area contributed by atoms with E-state index in [0.717, 1.165) is 53.6 Å². The van der Waals surface area contributed by atoms with Crippen molar-refractivity contribution in [3.05, 3.63) is 119 Å². The van der Waals surface area contributed by atoms with Gasteiger partial charge in [0.2, 0.25) is 0 Å². The first-order valence-corrected chi connectivity index (χ1v) is 15.5. The van der Waals surface area contributed by atoms with Crippen molar-refractivity contribution >= 4 is 5.97 Å². The van der Waals surface area contributed by atoms with Crippen LogP contribution in [0.1, 0.15) is 48.1 Å². The van der Waals surface area contributed by atoms with Crippen molar-refractivity contribution in [2.75, 3.05) is 26.4 Å². The van der Waals surface area contributed by atoms with Crippen molar-refractivity contribution in [2.45, 2.75) is 57.8 Å². The van der Waals surface area contributed by atoms with Crippen molar-refractivity contribution in [1.82, 2.24) is 0 Å². The highest BCUT2D eigenvalue weighted by Gasteiger charge is 2.26. The summed E-state index contributed by atoms with van der Waals surface area (Å²) >= 11 is 0. The molecule has 0 radical (unpaired) electrons. The van der Waals surface area contributed by atoms with Crippen LogP contribution in [-0.4, -0.2) is 44.6 Å². The molecule has 2 fully saturated rings. The van der Waals surface area contributed by atoms with Gasteiger partial charge in [0, 0.05) is 11.0 Å². The van der Waals surface area contributed by atoms with Crippen molar-refractivity contribution in [2.24, 2.45) is 0 Å². The van der Waals surface area contributed by atoms with E-state index in [1.54, 1.807) is 0 Å². The third kappa shape index (κ3) is 8.24. The minimum absolute atomic E-state index is 0.0870. The summed E-state index contributed by atoms with van der Waals surface area (Å²) in [7, 11) is 0. The third-order valence-corrected chi connectivity index (χ3v) is 8.32. The van der Waals surface area contributed by atoms with Gasteiger partial charge in [-0.2, -0.15) is 0 Å². The van der Waals surface area contributed by atoms with Gasteiger partial charge in [0.1, 0.15) is 55.0 Å². The molecule has 0 saturated carbocycles. The Morgan fingerprint density at radius 3 is 1.80 bits per heavy atom.